The molecule has 162 valence electrons. The molecule has 4 nitrogen and oxygen atoms in total. The van der Waals surface area contributed by atoms with Gasteiger partial charge in [-0.2, -0.15) is 0 Å². The predicted molar refractivity (Wildman–Crippen MR) is 130 cm³/mol. The zero-order valence-corrected chi connectivity index (χ0v) is 20.7. The monoisotopic (exact) mass is 597 g/mol. The molecular formula is C23H12Br2Cl2FNO3. The third-order valence-corrected chi connectivity index (χ3v) is 6.32. The minimum Gasteiger partial charge on any atom is -0.487 e. The Balaban J connectivity index is 1.54. The topological polar surface area (TPSA) is 47.9 Å². The molecule has 0 fully saturated rings. The van der Waals surface area contributed by atoms with Crippen LogP contribution in [0.2, 0.25) is 10.0 Å². The van der Waals surface area contributed by atoms with Gasteiger partial charge in [-0.15, -0.1) is 0 Å². The molecule has 1 aliphatic heterocycles. The Hall–Kier alpha value is -2.19. The second-order valence-corrected chi connectivity index (χ2v) is 9.22. The van der Waals surface area contributed by atoms with Gasteiger partial charge in [0.2, 0.25) is 5.90 Å². The highest BCUT2D eigenvalue weighted by Crippen LogP contribution is 2.36. The normalized spacial score (nSPS) is 14.5. The number of carbonyl (C=O) groups excluding carboxylic acids is 1. The summed E-state index contributed by atoms with van der Waals surface area (Å²) in [6.07, 6.45) is 1.59. The molecule has 1 aliphatic rings. The number of ether oxygens (including phenoxy) is 2. The number of cyclic esters (lactones) is 1. The van der Waals surface area contributed by atoms with Gasteiger partial charge in [0.15, 0.2) is 5.70 Å². The van der Waals surface area contributed by atoms with Crippen LogP contribution in [0.1, 0.15) is 16.7 Å². The van der Waals surface area contributed by atoms with Crippen molar-refractivity contribution in [3.63, 3.8) is 0 Å². The largest absolute Gasteiger partial charge is 0.487 e. The van der Waals surface area contributed by atoms with Crippen molar-refractivity contribution in [3.8, 4) is 5.75 Å². The van der Waals surface area contributed by atoms with E-state index in [0.29, 0.717) is 35.9 Å². The Morgan fingerprint density at radius 1 is 1.00 bits per heavy atom. The van der Waals surface area contributed by atoms with E-state index in [1.165, 1.54) is 24.3 Å². The van der Waals surface area contributed by atoms with E-state index in [4.69, 9.17) is 32.7 Å². The molecule has 0 bridgehead atoms. The highest BCUT2D eigenvalue weighted by molar-refractivity contribution is 9.11. The molecule has 32 heavy (non-hydrogen) atoms. The SMILES string of the molecule is O=C1OC(c2ccc(F)cc2)=N/C1=C\c1cc(Br)c(OCc2ccc(Cl)c(Cl)c2)c(Br)c1. The molecule has 0 saturated carbocycles. The van der Waals surface area contributed by atoms with Crippen LogP contribution < -0.4 is 4.74 Å². The van der Waals surface area contributed by atoms with Gasteiger partial charge in [0.25, 0.3) is 0 Å². The molecular weight excluding hydrogens is 588 g/mol. The van der Waals surface area contributed by atoms with Crippen molar-refractivity contribution in [3.05, 3.63) is 102 Å². The van der Waals surface area contributed by atoms with E-state index in [-0.39, 0.29) is 24.0 Å². The summed E-state index contributed by atoms with van der Waals surface area (Å²) in [5, 5.41) is 0.933. The first-order valence-electron chi connectivity index (χ1n) is 9.14. The summed E-state index contributed by atoms with van der Waals surface area (Å²) in [6.45, 7) is 0.284. The molecule has 0 spiro atoms. The fraction of sp³-hybridized carbons (Fsp3) is 0.0435. The van der Waals surface area contributed by atoms with Gasteiger partial charge in [0.05, 0.1) is 19.0 Å². The average molecular weight is 600 g/mol. The van der Waals surface area contributed by atoms with Gasteiger partial charge in [-0.1, -0.05) is 29.3 Å². The van der Waals surface area contributed by atoms with E-state index in [1.807, 2.05) is 6.07 Å². The molecule has 0 aliphatic carbocycles. The van der Waals surface area contributed by atoms with Crippen molar-refractivity contribution >= 4 is 73.0 Å². The molecule has 0 unspecified atom stereocenters. The number of aliphatic imine (C=N–C) groups is 1. The minimum absolute atomic E-state index is 0.126. The summed E-state index contributed by atoms with van der Waals surface area (Å²) in [4.78, 5) is 16.5. The number of halogens is 5. The second-order valence-electron chi connectivity index (χ2n) is 6.69. The summed E-state index contributed by atoms with van der Waals surface area (Å²) < 4.78 is 25.6. The molecule has 0 amide bonds. The maximum absolute atomic E-state index is 13.1. The van der Waals surface area contributed by atoms with Crippen molar-refractivity contribution < 1.29 is 18.7 Å². The van der Waals surface area contributed by atoms with Crippen LogP contribution >= 0.6 is 55.1 Å². The molecule has 3 aromatic rings. The number of hydrogen-bond acceptors (Lipinski definition) is 4. The number of benzene rings is 3. The van der Waals surface area contributed by atoms with Crippen LogP contribution in [-0.2, 0) is 16.1 Å². The Labute approximate surface area is 209 Å². The third kappa shape index (κ3) is 5.23. The van der Waals surface area contributed by atoms with E-state index >= 15 is 0 Å². The van der Waals surface area contributed by atoms with Gasteiger partial charge in [-0.3, -0.25) is 0 Å². The van der Waals surface area contributed by atoms with Crippen LogP contribution in [0.25, 0.3) is 6.08 Å². The van der Waals surface area contributed by atoms with Crippen molar-refractivity contribution in [1.29, 1.82) is 0 Å². The van der Waals surface area contributed by atoms with E-state index in [2.05, 4.69) is 36.9 Å². The first kappa shape index (κ1) is 23.0. The Morgan fingerprint density at radius 2 is 1.69 bits per heavy atom. The van der Waals surface area contributed by atoms with Crippen LogP contribution in [0.15, 0.2) is 74.2 Å². The standard InChI is InChI=1S/C23H12Br2Cl2FNO3/c24-16-7-13(8-17(25)21(16)31-11-12-1-6-18(26)19(27)9-12)10-20-23(30)32-22(29-20)14-2-4-15(28)5-3-14/h1-10H,11H2/b20-10-. The van der Waals surface area contributed by atoms with Crippen molar-refractivity contribution in [2.45, 2.75) is 6.61 Å². The lowest BCUT2D eigenvalue weighted by Crippen LogP contribution is -2.05. The fourth-order valence-electron chi connectivity index (χ4n) is 2.87. The Morgan fingerprint density at radius 3 is 2.34 bits per heavy atom. The van der Waals surface area contributed by atoms with Crippen molar-refractivity contribution in [2.24, 2.45) is 4.99 Å². The highest BCUT2D eigenvalue weighted by atomic mass is 79.9. The number of carbonyl (C=O) groups is 1. The van der Waals surface area contributed by atoms with Gasteiger partial charge in [-0.25, -0.2) is 14.2 Å². The molecule has 4 rings (SSSR count). The van der Waals surface area contributed by atoms with Crippen LogP contribution in [0.3, 0.4) is 0 Å². The van der Waals surface area contributed by atoms with Crippen LogP contribution in [0.4, 0.5) is 4.39 Å². The zero-order chi connectivity index (χ0) is 22.8. The summed E-state index contributed by atoms with van der Waals surface area (Å²) in [6, 6.07) is 14.4. The number of hydrogen-bond donors (Lipinski definition) is 0. The number of esters is 1. The minimum atomic E-state index is -0.587. The van der Waals surface area contributed by atoms with Gasteiger partial charge in [0.1, 0.15) is 18.2 Å². The van der Waals surface area contributed by atoms with E-state index in [0.717, 1.165) is 5.56 Å². The lowest BCUT2D eigenvalue weighted by molar-refractivity contribution is -0.129. The lowest BCUT2D eigenvalue weighted by atomic mass is 10.2. The lowest BCUT2D eigenvalue weighted by Gasteiger charge is -2.12. The van der Waals surface area contributed by atoms with Crippen LogP contribution in [0, 0.1) is 5.82 Å². The first-order chi connectivity index (χ1) is 15.3. The molecule has 0 N–H and O–H groups in total. The van der Waals surface area contributed by atoms with Gasteiger partial charge in [0, 0.05) is 5.56 Å². The zero-order valence-electron chi connectivity index (χ0n) is 16.0. The summed E-state index contributed by atoms with van der Waals surface area (Å²) in [7, 11) is 0. The van der Waals surface area contributed by atoms with E-state index < -0.39 is 5.97 Å². The highest BCUT2D eigenvalue weighted by Gasteiger charge is 2.24. The van der Waals surface area contributed by atoms with Gasteiger partial charge >= 0.3 is 5.97 Å². The summed E-state index contributed by atoms with van der Waals surface area (Å²) in [5.74, 6) is -0.259. The van der Waals surface area contributed by atoms with Crippen molar-refractivity contribution in [1.82, 2.24) is 0 Å². The third-order valence-electron chi connectivity index (χ3n) is 4.40. The van der Waals surface area contributed by atoms with E-state index in [1.54, 1.807) is 30.3 Å². The molecule has 0 aromatic heterocycles. The smallest absolute Gasteiger partial charge is 0.363 e. The number of nitrogens with zero attached hydrogens (tertiary/aromatic N) is 1. The number of rotatable bonds is 5. The fourth-order valence-corrected chi connectivity index (χ4v) is 4.64. The van der Waals surface area contributed by atoms with Crippen LogP contribution in [0.5, 0.6) is 5.75 Å². The van der Waals surface area contributed by atoms with Gasteiger partial charge < -0.3 is 9.47 Å². The molecule has 0 saturated heterocycles. The maximum atomic E-state index is 13.1. The summed E-state index contributed by atoms with van der Waals surface area (Å²) in [5.41, 5.74) is 2.20. The van der Waals surface area contributed by atoms with Crippen LogP contribution in [-0.4, -0.2) is 11.9 Å². The Kier molecular flexibility index (Phi) is 7.00. The predicted octanol–water partition coefficient (Wildman–Crippen LogP) is 7.58. The maximum Gasteiger partial charge on any atom is 0.363 e. The van der Waals surface area contributed by atoms with Crippen molar-refractivity contribution in [2.75, 3.05) is 0 Å². The molecule has 0 radical (unpaired) electrons. The molecule has 0 atom stereocenters. The Bertz CT molecular complexity index is 1250. The second kappa shape index (κ2) is 9.75. The van der Waals surface area contributed by atoms with E-state index in [9.17, 15) is 9.18 Å². The average Bonchev–Trinajstić information content (AvgIpc) is 3.10. The molecule has 1 heterocycles. The first-order valence-corrected chi connectivity index (χ1v) is 11.5. The van der Waals surface area contributed by atoms with Gasteiger partial charge in [-0.05, 0) is 97.6 Å². The summed E-state index contributed by atoms with van der Waals surface area (Å²) >= 11 is 19.0. The quantitative estimate of drug-likeness (QED) is 0.224. The molecule has 9 heteroatoms. The molecule has 3 aromatic carbocycles.